The number of aliphatic hydroxyl groups is 1. The van der Waals surface area contributed by atoms with Crippen LogP contribution in [0.25, 0.3) is 16.9 Å². The molecule has 2 fully saturated rings. The van der Waals surface area contributed by atoms with Gasteiger partial charge in [-0.05, 0) is 49.2 Å². The molecule has 244 valence electrons. The second kappa shape index (κ2) is 12.9. The SMILES string of the molecule is CC[C@@]1(O)CNC(C(=O)N2CCN(C(=O)c3ccc(Nc4nccn5c(-c6ccc(OCC#N)c(F)c6F)cnc45)cc3C)CC2)C1. The van der Waals surface area contributed by atoms with Gasteiger partial charge in [0.05, 0.1) is 23.5 Å². The molecule has 47 heavy (non-hydrogen) atoms. The highest BCUT2D eigenvalue weighted by Crippen LogP contribution is 2.32. The van der Waals surface area contributed by atoms with Gasteiger partial charge in [-0.25, -0.2) is 14.4 Å². The van der Waals surface area contributed by atoms with Crippen molar-refractivity contribution < 1.29 is 28.2 Å². The highest BCUT2D eigenvalue weighted by Gasteiger charge is 2.41. The first-order chi connectivity index (χ1) is 22.6. The summed E-state index contributed by atoms with van der Waals surface area (Å²) >= 11 is 0. The van der Waals surface area contributed by atoms with Gasteiger partial charge in [0.25, 0.3) is 5.91 Å². The molecule has 0 radical (unpaired) electrons. The van der Waals surface area contributed by atoms with E-state index in [1.165, 1.54) is 24.5 Å². The standard InChI is InChI=1S/C33H34F2N8O4/c1-3-33(46)17-24(39-19-33)32(45)42-13-11-41(12-14-42)31(44)22-5-4-21(16-20(22)2)40-29-30-38-18-25(43(30)10-9-37-29)23-6-7-26(47-15-8-36)28(35)27(23)34/h4-7,9-10,16,18,24,39,46H,3,11-15,17,19H2,1-2H3,(H,37,40)/t24?,33-/m0/s1. The molecule has 2 aliphatic rings. The fourth-order valence-corrected chi connectivity index (χ4v) is 6.08. The Morgan fingerprint density at radius 1 is 1.15 bits per heavy atom. The van der Waals surface area contributed by atoms with Gasteiger partial charge in [0.15, 0.2) is 29.6 Å². The van der Waals surface area contributed by atoms with Crippen LogP contribution in [0.15, 0.2) is 48.9 Å². The number of rotatable bonds is 8. The molecule has 2 aromatic heterocycles. The molecule has 2 aliphatic heterocycles. The number of carbonyl (C=O) groups is 2. The number of amides is 2. The van der Waals surface area contributed by atoms with Gasteiger partial charge in [0.1, 0.15) is 6.07 Å². The number of hydrogen-bond donors (Lipinski definition) is 3. The summed E-state index contributed by atoms with van der Waals surface area (Å²) < 4.78 is 36.1. The van der Waals surface area contributed by atoms with Gasteiger partial charge in [-0.15, -0.1) is 0 Å². The van der Waals surface area contributed by atoms with Crippen LogP contribution in [-0.4, -0.2) is 92.1 Å². The summed E-state index contributed by atoms with van der Waals surface area (Å²) in [4.78, 5) is 38.7. The van der Waals surface area contributed by atoms with Gasteiger partial charge >= 0.3 is 0 Å². The van der Waals surface area contributed by atoms with Crippen LogP contribution >= 0.6 is 0 Å². The van der Waals surface area contributed by atoms with Gasteiger partial charge in [0, 0.05) is 68.4 Å². The fraction of sp³-hybridized carbons (Fsp3) is 0.364. The van der Waals surface area contributed by atoms with Crippen LogP contribution < -0.4 is 15.4 Å². The first kappa shape index (κ1) is 31.8. The first-order valence-electron chi connectivity index (χ1n) is 15.3. The highest BCUT2D eigenvalue weighted by atomic mass is 19.2. The Bertz CT molecular complexity index is 1880. The van der Waals surface area contributed by atoms with Crippen LogP contribution in [0.4, 0.5) is 20.3 Å². The molecule has 12 nitrogen and oxygen atoms in total. The Hall–Kier alpha value is -5.13. The number of aromatic nitrogens is 3. The van der Waals surface area contributed by atoms with E-state index < -0.39 is 29.9 Å². The smallest absolute Gasteiger partial charge is 0.254 e. The lowest BCUT2D eigenvalue weighted by Gasteiger charge is -2.36. The lowest BCUT2D eigenvalue weighted by Crippen LogP contribution is -2.54. The third-order valence-corrected chi connectivity index (χ3v) is 8.86. The zero-order valence-electron chi connectivity index (χ0n) is 26.0. The minimum atomic E-state index is -1.20. The van der Waals surface area contributed by atoms with E-state index in [0.717, 1.165) is 5.56 Å². The van der Waals surface area contributed by atoms with Crippen LogP contribution in [0.3, 0.4) is 0 Å². The van der Waals surface area contributed by atoms with Gasteiger partial charge in [-0.3, -0.25) is 14.0 Å². The van der Waals surface area contributed by atoms with E-state index in [0.29, 0.717) is 68.3 Å². The normalized spacial score (nSPS) is 19.5. The van der Waals surface area contributed by atoms with Crippen LogP contribution in [0.2, 0.25) is 0 Å². The Labute approximate surface area is 269 Å². The predicted octanol–water partition coefficient (Wildman–Crippen LogP) is 3.42. The predicted molar refractivity (Wildman–Crippen MR) is 168 cm³/mol. The molecule has 2 atom stereocenters. The Morgan fingerprint density at radius 2 is 1.91 bits per heavy atom. The number of nitrogens with zero attached hydrogens (tertiary/aromatic N) is 6. The molecule has 2 aromatic carbocycles. The maximum absolute atomic E-state index is 15.0. The number of fused-ring (bicyclic) bond motifs is 1. The van der Waals surface area contributed by atoms with E-state index in [4.69, 9.17) is 10.00 Å². The van der Waals surface area contributed by atoms with Crippen molar-refractivity contribution >= 4 is 29.0 Å². The number of nitrogens with one attached hydrogen (secondary N) is 2. The number of nitriles is 1. The Morgan fingerprint density at radius 3 is 2.62 bits per heavy atom. The third kappa shape index (κ3) is 6.19. The number of anilines is 2. The molecule has 6 rings (SSSR count). The van der Waals surface area contributed by atoms with Crippen molar-refractivity contribution in [3.8, 4) is 23.1 Å². The molecule has 2 amide bonds. The molecule has 0 aliphatic carbocycles. The summed E-state index contributed by atoms with van der Waals surface area (Å²) in [5.41, 5.74) is 1.67. The number of hydrogen-bond acceptors (Lipinski definition) is 9. The van der Waals surface area contributed by atoms with Crippen molar-refractivity contribution in [3.63, 3.8) is 0 Å². The minimum absolute atomic E-state index is 0.0424. The lowest BCUT2D eigenvalue weighted by atomic mass is 9.97. The molecular weight excluding hydrogens is 610 g/mol. The van der Waals surface area contributed by atoms with E-state index >= 15 is 0 Å². The molecule has 2 saturated heterocycles. The Kier molecular flexibility index (Phi) is 8.76. The second-order valence-electron chi connectivity index (χ2n) is 11.8. The van der Waals surface area contributed by atoms with Gasteiger partial charge in [0.2, 0.25) is 11.7 Å². The molecule has 0 bridgehead atoms. The van der Waals surface area contributed by atoms with Crippen LogP contribution in [-0.2, 0) is 4.79 Å². The van der Waals surface area contributed by atoms with Gasteiger partial charge in [-0.2, -0.15) is 9.65 Å². The number of imidazole rings is 1. The number of carbonyl (C=O) groups excluding carboxylic acids is 2. The summed E-state index contributed by atoms with van der Waals surface area (Å²) in [7, 11) is 0. The van der Waals surface area contributed by atoms with Gasteiger partial charge in [-0.1, -0.05) is 6.92 Å². The van der Waals surface area contributed by atoms with E-state index in [2.05, 4.69) is 20.6 Å². The number of ether oxygens (including phenoxy) is 1. The van der Waals surface area contributed by atoms with Crippen molar-refractivity contribution in [1.82, 2.24) is 29.5 Å². The maximum atomic E-state index is 15.0. The zero-order chi connectivity index (χ0) is 33.3. The summed E-state index contributed by atoms with van der Waals surface area (Å²) in [6, 6.07) is 9.23. The number of halogens is 2. The fourth-order valence-electron chi connectivity index (χ4n) is 6.08. The molecule has 14 heteroatoms. The molecule has 0 saturated carbocycles. The van der Waals surface area contributed by atoms with Gasteiger partial charge < -0.3 is 30.3 Å². The highest BCUT2D eigenvalue weighted by molar-refractivity contribution is 5.96. The van der Waals surface area contributed by atoms with Crippen molar-refractivity contribution in [2.24, 2.45) is 0 Å². The first-order valence-corrected chi connectivity index (χ1v) is 15.3. The Balaban J connectivity index is 1.13. The largest absolute Gasteiger partial charge is 0.476 e. The van der Waals surface area contributed by atoms with Crippen LogP contribution in [0.1, 0.15) is 35.7 Å². The average molecular weight is 645 g/mol. The number of β-amino-alcohol motifs (C(OH)–C–C–N with tert-alkyl or cyclic N) is 1. The molecular formula is C33H34F2N8O4. The number of benzene rings is 2. The quantitative estimate of drug-likeness (QED) is 0.263. The zero-order valence-corrected chi connectivity index (χ0v) is 26.0. The summed E-state index contributed by atoms with van der Waals surface area (Å²) in [5, 5.41) is 25.5. The van der Waals surface area contributed by atoms with Crippen molar-refractivity contribution in [1.29, 1.82) is 5.26 Å². The lowest BCUT2D eigenvalue weighted by molar-refractivity contribution is -0.135. The van der Waals surface area contributed by atoms with E-state index in [-0.39, 0.29) is 28.8 Å². The van der Waals surface area contributed by atoms with E-state index in [9.17, 15) is 23.5 Å². The third-order valence-electron chi connectivity index (χ3n) is 8.86. The van der Waals surface area contributed by atoms with Crippen molar-refractivity contribution in [2.75, 3.05) is 44.6 Å². The monoisotopic (exact) mass is 644 g/mol. The summed E-state index contributed by atoms with van der Waals surface area (Å²) in [6.45, 7) is 5.38. The van der Waals surface area contributed by atoms with Crippen molar-refractivity contribution in [2.45, 2.75) is 38.3 Å². The number of aryl methyl sites for hydroxylation is 1. The molecule has 1 unspecified atom stereocenters. The molecule has 4 aromatic rings. The number of piperazine rings is 1. The molecule has 0 spiro atoms. The average Bonchev–Trinajstić information content (AvgIpc) is 3.70. The minimum Gasteiger partial charge on any atom is -0.476 e. The van der Waals surface area contributed by atoms with Crippen LogP contribution in [0.5, 0.6) is 5.75 Å². The van der Waals surface area contributed by atoms with E-state index in [1.54, 1.807) is 38.6 Å². The summed E-state index contributed by atoms with van der Waals surface area (Å²) in [6.07, 6.45) is 5.46. The second-order valence-corrected chi connectivity index (χ2v) is 11.8. The molecule has 3 N–H and O–H groups in total. The van der Waals surface area contributed by atoms with Crippen molar-refractivity contribution in [3.05, 3.63) is 71.7 Å². The maximum Gasteiger partial charge on any atom is 0.254 e. The van der Waals surface area contributed by atoms with Crippen LogP contribution in [0, 0.1) is 29.9 Å². The molecule has 4 heterocycles. The van der Waals surface area contributed by atoms with E-state index in [1.807, 2.05) is 19.9 Å². The topological polar surface area (TPSA) is 148 Å². The summed E-state index contributed by atoms with van der Waals surface area (Å²) in [5.74, 6) is -2.50.